The van der Waals surface area contributed by atoms with Gasteiger partial charge in [-0.05, 0) is 38.8 Å². The van der Waals surface area contributed by atoms with Gasteiger partial charge in [-0.1, -0.05) is 13.3 Å². The summed E-state index contributed by atoms with van der Waals surface area (Å²) in [5.41, 5.74) is 2.97. The molecule has 1 saturated heterocycles. The number of aromatic amines is 1. The summed E-state index contributed by atoms with van der Waals surface area (Å²) >= 11 is 0. The largest absolute Gasteiger partial charge is 0.453 e. The molecule has 1 fully saturated rings. The lowest BCUT2D eigenvalue weighted by atomic mass is 10.1. The molecule has 9 heteroatoms. The van der Waals surface area contributed by atoms with Gasteiger partial charge < -0.3 is 9.30 Å². The lowest BCUT2D eigenvalue weighted by molar-refractivity contribution is 0.0468. The van der Waals surface area contributed by atoms with E-state index < -0.39 is 15.8 Å². The van der Waals surface area contributed by atoms with Crippen LogP contribution in [0.4, 0.5) is 0 Å². The Kier molecular flexibility index (Phi) is 5.74. The van der Waals surface area contributed by atoms with Gasteiger partial charge in [0.15, 0.2) is 22.1 Å². The summed E-state index contributed by atoms with van der Waals surface area (Å²) in [4.78, 5) is 24.7. The summed E-state index contributed by atoms with van der Waals surface area (Å²) in [5, 5.41) is 6.69. The van der Waals surface area contributed by atoms with Crippen molar-refractivity contribution < 1.29 is 22.7 Å². The number of sulfone groups is 1. The minimum Gasteiger partial charge on any atom is -0.453 e. The minimum atomic E-state index is -3.03. The fourth-order valence-electron chi connectivity index (χ4n) is 3.75. The van der Waals surface area contributed by atoms with E-state index in [0.29, 0.717) is 17.7 Å². The van der Waals surface area contributed by atoms with Crippen LogP contribution in [0.25, 0.3) is 0 Å². The number of hydrogen-bond donors (Lipinski definition) is 1. The van der Waals surface area contributed by atoms with Crippen LogP contribution in [0.2, 0.25) is 0 Å². The summed E-state index contributed by atoms with van der Waals surface area (Å²) in [6.45, 7) is 5.27. The van der Waals surface area contributed by atoms with Crippen molar-refractivity contribution in [1.29, 1.82) is 0 Å². The van der Waals surface area contributed by atoms with Gasteiger partial charge in [0.1, 0.15) is 0 Å². The second kappa shape index (κ2) is 7.90. The quantitative estimate of drug-likeness (QED) is 0.556. The average molecular weight is 407 g/mol. The number of H-pyrrole nitrogens is 1. The number of nitrogens with zero attached hydrogens (tertiary/aromatic N) is 2. The second-order valence-corrected chi connectivity index (χ2v) is 9.47. The Bertz CT molecular complexity index is 1000. The molecule has 152 valence electrons. The molecule has 1 atom stereocenters. The number of carbonyl (C=O) groups excluding carboxylic acids is 2. The van der Waals surface area contributed by atoms with E-state index in [2.05, 4.69) is 10.2 Å². The number of rotatable bonds is 7. The number of ketones is 1. The summed E-state index contributed by atoms with van der Waals surface area (Å²) < 4.78 is 30.6. The average Bonchev–Trinajstić information content (AvgIpc) is 3.31. The first-order chi connectivity index (χ1) is 13.2. The minimum absolute atomic E-state index is 0.0885. The van der Waals surface area contributed by atoms with E-state index in [1.807, 2.05) is 18.4 Å². The van der Waals surface area contributed by atoms with Crippen molar-refractivity contribution in [3.63, 3.8) is 0 Å². The van der Waals surface area contributed by atoms with Crippen molar-refractivity contribution in [2.45, 2.75) is 46.1 Å². The van der Waals surface area contributed by atoms with Crippen LogP contribution in [0.15, 0.2) is 12.1 Å². The predicted octanol–water partition coefficient (Wildman–Crippen LogP) is 2.18. The number of aromatic nitrogens is 3. The molecule has 1 aliphatic rings. The fraction of sp³-hybridized carbons (Fsp3) is 0.526. The van der Waals surface area contributed by atoms with E-state index in [0.717, 1.165) is 24.2 Å². The highest BCUT2D eigenvalue weighted by Crippen LogP contribution is 2.29. The highest BCUT2D eigenvalue weighted by Gasteiger charge is 2.31. The first kappa shape index (κ1) is 20.3. The van der Waals surface area contributed by atoms with Gasteiger partial charge in [-0.3, -0.25) is 9.89 Å². The van der Waals surface area contributed by atoms with Gasteiger partial charge in [-0.25, -0.2) is 13.2 Å². The smallest absolute Gasteiger partial charge is 0.359 e. The molecule has 1 unspecified atom stereocenters. The van der Waals surface area contributed by atoms with Crippen molar-refractivity contribution in [1.82, 2.24) is 14.8 Å². The van der Waals surface area contributed by atoms with Gasteiger partial charge in [-0.2, -0.15) is 5.10 Å². The highest BCUT2D eigenvalue weighted by molar-refractivity contribution is 7.91. The molecule has 8 nitrogen and oxygen atoms in total. The van der Waals surface area contributed by atoms with Crippen LogP contribution in [0.3, 0.4) is 0 Å². The van der Waals surface area contributed by atoms with Crippen molar-refractivity contribution in [2.24, 2.45) is 0 Å². The van der Waals surface area contributed by atoms with Gasteiger partial charge in [0.25, 0.3) is 0 Å². The number of hydrogen-bond acceptors (Lipinski definition) is 6. The highest BCUT2D eigenvalue weighted by atomic mass is 32.2. The lowest BCUT2D eigenvalue weighted by Crippen LogP contribution is -2.17. The van der Waals surface area contributed by atoms with E-state index in [1.165, 1.54) is 0 Å². The molecule has 2 aromatic rings. The normalized spacial score (nSPS) is 18.3. The summed E-state index contributed by atoms with van der Waals surface area (Å²) in [6.07, 6.45) is 2.25. The van der Waals surface area contributed by atoms with Crippen LogP contribution in [-0.4, -0.2) is 53.0 Å². The summed E-state index contributed by atoms with van der Waals surface area (Å²) in [5.74, 6) is -0.717. The molecule has 0 amide bonds. The molecule has 3 rings (SSSR count). The third-order valence-electron chi connectivity index (χ3n) is 5.05. The van der Waals surface area contributed by atoms with Gasteiger partial charge in [-0.15, -0.1) is 0 Å². The molecule has 0 aliphatic carbocycles. The summed E-state index contributed by atoms with van der Waals surface area (Å²) in [7, 11) is -3.03. The molecule has 0 spiro atoms. The number of esters is 1. The van der Waals surface area contributed by atoms with Crippen LogP contribution in [0.1, 0.15) is 63.7 Å². The van der Waals surface area contributed by atoms with E-state index in [4.69, 9.17) is 4.74 Å². The van der Waals surface area contributed by atoms with E-state index in [1.54, 1.807) is 19.1 Å². The molecule has 0 bridgehead atoms. The van der Waals surface area contributed by atoms with Crippen molar-refractivity contribution in [3.8, 4) is 0 Å². The SMILES string of the molecule is CCCc1cc(C(=O)OCC(=O)c2cc(C)n(C3CCS(=O)(=O)C3)c2C)n[nH]1. The first-order valence-electron chi connectivity index (χ1n) is 9.35. The molecule has 3 heterocycles. The molecule has 0 aromatic carbocycles. The van der Waals surface area contributed by atoms with Crippen molar-refractivity contribution in [3.05, 3.63) is 40.5 Å². The van der Waals surface area contributed by atoms with Crippen LogP contribution in [-0.2, 0) is 21.0 Å². The third kappa shape index (κ3) is 4.19. The number of ether oxygens (including phenoxy) is 1. The standard InChI is InChI=1S/C19H25N3O5S/c1-4-5-14-9-17(21-20-14)19(24)27-10-18(23)16-8-12(2)22(13(16)3)15-6-7-28(25,26)11-15/h8-9,15H,4-7,10-11H2,1-3H3,(H,20,21). The molecule has 1 aliphatic heterocycles. The summed E-state index contributed by atoms with van der Waals surface area (Å²) in [6, 6.07) is 3.20. The fourth-order valence-corrected chi connectivity index (χ4v) is 5.45. The topological polar surface area (TPSA) is 111 Å². The van der Waals surface area contributed by atoms with E-state index >= 15 is 0 Å². The predicted molar refractivity (Wildman–Crippen MR) is 103 cm³/mol. The molecule has 0 saturated carbocycles. The Hall–Kier alpha value is -2.42. The van der Waals surface area contributed by atoms with Crippen LogP contribution in [0, 0.1) is 13.8 Å². The Balaban J connectivity index is 1.67. The van der Waals surface area contributed by atoms with Gasteiger partial charge in [0, 0.05) is 28.7 Å². The molecule has 0 radical (unpaired) electrons. The second-order valence-electron chi connectivity index (χ2n) is 7.24. The molecular formula is C19H25N3O5S. The number of aryl methyl sites for hydroxylation is 2. The Morgan fingerprint density at radius 1 is 1.32 bits per heavy atom. The zero-order valence-corrected chi connectivity index (χ0v) is 17.1. The Morgan fingerprint density at radius 2 is 2.07 bits per heavy atom. The molecule has 2 aromatic heterocycles. The van der Waals surface area contributed by atoms with E-state index in [9.17, 15) is 18.0 Å². The third-order valence-corrected chi connectivity index (χ3v) is 6.80. The van der Waals surface area contributed by atoms with Gasteiger partial charge in [0.05, 0.1) is 11.5 Å². The maximum Gasteiger partial charge on any atom is 0.359 e. The molecule has 1 N–H and O–H groups in total. The monoisotopic (exact) mass is 407 g/mol. The van der Waals surface area contributed by atoms with Crippen LogP contribution >= 0.6 is 0 Å². The van der Waals surface area contributed by atoms with E-state index in [-0.39, 0.29) is 35.6 Å². The zero-order chi connectivity index (χ0) is 20.5. The Morgan fingerprint density at radius 3 is 2.71 bits per heavy atom. The maximum atomic E-state index is 12.6. The lowest BCUT2D eigenvalue weighted by Gasteiger charge is -2.16. The number of Topliss-reactive ketones (excluding diaryl/α,β-unsaturated/α-hetero) is 1. The maximum absolute atomic E-state index is 12.6. The first-order valence-corrected chi connectivity index (χ1v) is 11.2. The number of carbonyl (C=O) groups is 2. The molecular weight excluding hydrogens is 382 g/mol. The van der Waals surface area contributed by atoms with Crippen LogP contribution in [0.5, 0.6) is 0 Å². The molecule has 28 heavy (non-hydrogen) atoms. The van der Waals surface area contributed by atoms with Crippen LogP contribution < -0.4 is 0 Å². The van der Waals surface area contributed by atoms with Gasteiger partial charge in [0.2, 0.25) is 5.78 Å². The van der Waals surface area contributed by atoms with Gasteiger partial charge >= 0.3 is 5.97 Å². The number of nitrogens with one attached hydrogen (secondary N) is 1. The van der Waals surface area contributed by atoms with Crippen molar-refractivity contribution in [2.75, 3.05) is 18.1 Å². The zero-order valence-electron chi connectivity index (χ0n) is 16.3. The van der Waals surface area contributed by atoms with Crippen molar-refractivity contribution >= 4 is 21.6 Å². The Labute approximate surface area is 164 Å².